The molecule has 11 nitrogen and oxygen atoms in total. The number of unbranched alkanes of at least 4 members (excludes halogenated alkanes) is 12. The highest BCUT2D eigenvalue weighted by Gasteiger charge is 2.28. The average Bonchev–Trinajstić information content (AvgIpc) is 3.37. The fourth-order valence-electron chi connectivity index (χ4n) is 6.78. The summed E-state index contributed by atoms with van der Waals surface area (Å²) in [5.74, 6) is -1.63. The van der Waals surface area contributed by atoms with Crippen LogP contribution in [0.15, 0.2) is 122 Å². The summed E-state index contributed by atoms with van der Waals surface area (Å²) in [5, 5.41) is 9.78. The van der Waals surface area contributed by atoms with Crippen molar-refractivity contribution in [3.05, 3.63) is 122 Å². The number of rotatable bonds is 49. The molecular weight excluding hydrogens is 928 g/mol. The lowest BCUT2D eigenvalue weighted by molar-refractivity contribution is -0.161. The monoisotopic (exact) mass is 1020 g/mol. The number of phosphoric ester groups is 1. The Hall–Kier alpha value is -4.12. The van der Waals surface area contributed by atoms with Crippen LogP contribution in [-0.2, 0) is 42.2 Å². The minimum atomic E-state index is -4.78. The van der Waals surface area contributed by atoms with E-state index in [2.05, 4.69) is 130 Å². The Labute approximate surface area is 437 Å². The number of aliphatic hydroxyl groups is 1. The molecule has 0 aliphatic heterocycles. The zero-order valence-corrected chi connectivity index (χ0v) is 45.7. The van der Waals surface area contributed by atoms with Gasteiger partial charge in [-0.15, -0.1) is 0 Å². The van der Waals surface area contributed by atoms with Gasteiger partial charge in [0.25, 0.3) is 0 Å². The molecule has 3 atom stereocenters. The molecule has 0 spiro atoms. The first-order chi connectivity index (χ1) is 35.2. The van der Waals surface area contributed by atoms with E-state index in [9.17, 15) is 28.9 Å². The summed E-state index contributed by atoms with van der Waals surface area (Å²) in [6, 6.07) is 0. The van der Waals surface area contributed by atoms with Crippen molar-refractivity contribution in [2.45, 2.75) is 213 Å². The van der Waals surface area contributed by atoms with Crippen LogP contribution in [0.1, 0.15) is 201 Å². The van der Waals surface area contributed by atoms with E-state index < -0.39 is 64.4 Å². The van der Waals surface area contributed by atoms with Crippen molar-refractivity contribution in [2.24, 2.45) is 0 Å². The molecule has 0 heterocycles. The van der Waals surface area contributed by atoms with Crippen LogP contribution in [0.4, 0.5) is 0 Å². The average molecular weight is 1030 g/mol. The lowest BCUT2D eigenvalue weighted by atomic mass is 10.1. The molecule has 0 fully saturated rings. The first kappa shape index (κ1) is 67.9. The van der Waals surface area contributed by atoms with Gasteiger partial charge in [-0.1, -0.05) is 206 Å². The highest BCUT2D eigenvalue weighted by Crippen LogP contribution is 2.43. The zero-order chi connectivity index (χ0) is 52.7. The Morgan fingerprint density at radius 3 is 1.17 bits per heavy atom. The molecule has 0 aliphatic carbocycles. The molecule has 72 heavy (non-hydrogen) atoms. The molecule has 0 aromatic carbocycles. The minimum absolute atomic E-state index is 0.0864. The fourth-order valence-corrected chi connectivity index (χ4v) is 7.57. The topological polar surface area (TPSA) is 155 Å². The highest BCUT2D eigenvalue weighted by atomic mass is 31.2. The van der Waals surface area contributed by atoms with Crippen molar-refractivity contribution in [3.63, 3.8) is 0 Å². The third kappa shape index (κ3) is 50.8. The second-order valence-electron chi connectivity index (χ2n) is 17.6. The fraction of sp³-hybridized carbons (Fsp3) is 0.617. The van der Waals surface area contributed by atoms with Crippen molar-refractivity contribution in [3.8, 4) is 0 Å². The lowest BCUT2D eigenvalue weighted by Crippen LogP contribution is -2.30. The van der Waals surface area contributed by atoms with Crippen molar-refractivity contribution < 1.29 is 52.2 Å². The Bertz CT molecular complexity index is 1670. The van der Waals surface area contributed by atoms with E-state index in [1.165, 1.54) is 44.9 Å². The largest absolute Gasteiger partial charge is 0.472 e. The van der Waals surface area contributed by atoms with E-state index in [4.69, 9.17) is 23.3 Å². The predicted octanol–water partition coefficient (Wildman–Crippen LogP) is 16.0. The van der Waals surface area contributed by atoms with Gasteiger partial charge >= 0.3 is 25.7 Å². The number of allylic oxidation sites excluding steroid dienone is 20. The summed E-state index contributed by atoms with van der Waals surface area (Å²) < 4.78 is 39.3. The maximum Gasteiger partial charge on any atom is 0.472 e. The Morgan fingerprint density at radius 1 is 0.403 bits per heavy atom. The first-order valence-corrected chi connectivity index (χ1v) is 28.9. The SMILES string of the molecule is CC/C=C\C/C=C\C/C=C\C/C=C\C/C=C\C/C=C\CCC(=O)OCC(COP(=O)(O)OCC(CO)OC(=O)CCCCCCCCCCCCC)OC(=O)CCCC/C=C\C/C=C\C/C=C\C/C=C\CC. The van der Waals surface area contributed by atoms with Gasteiger partial charge < -0.3 is 24.2 Å². The summed E-state index contributed by atoms with van der Waals surface area (Å²) in [6.45, 7) is 4.25. The maximum absolute atomic E-state index is 12.9. The van der Waals surface area contributed by atoms with E-state index in [-0.39, 0.29) is 19.3 Å². The number of hydrogen-bond acceptors (Lipinski definition) is 10. The normalized spacial score (nSPS) is 14.3. The molecule has 12 heteroatoms. The van der Waals surface area contributed by atoms with Crippen molar-refractivity contribution >= 4 is 25.7 Å². The van der Waals surface area contributed by atoms with Crippen LogP contribution in [-0.4, -0.2) is 66.5 Å². The lowest BCUT2D eigenvalue weighted by Gasteiger charge is -2.21. The molecule has 0 saturated heterocycles. The molecule has 0 saturated carbocycles. The third-order valence-electron chi connectivity index (χ3n) is 10.9. The Balaban J connectivity index is 4.92. The molecular formula is C60H97O11P. The quantitative estimate of drug-likeness (QED) is 0.0197. The molecule has 0 radical (unpaired) electrons. The van der Waals surface area contributed by atoms with Crippen LogP contribution in [0.5, 0.6) is 0 Å². The Kier molecular flexibility index (Phi) is 50.1. The van der Waals surface area contributed by atoms with E-state index in [1.54, 1.807) is 0 Å². The highest BCUT2D eigenvalue weighted by molar-refractivity contribution is 7.47. The van der Waals surface area contributed by atoms with Crippen LogP contribution < -0.4 is 0 Å². The van der Waals surface area contributed by atoms with Gasteiger partial charge in [-0.05, 0) is 96.3 Å². The molecule has 3 unspecified atom stereocenters. The van der Waals surface area contributed by atoms with Gasteiger partial charge in [-0.2, -0.15) is 0 Å². The number of ether oxygens (including phenoxy) is 3. The summed E-state index contributed by atoms with van der Waals surface area (Å²) in [5.41, 5.74) is 0. The number of esters is 3. The molecule has 2 N–H and O–H groups in total. The standard InChI is InChI=1S/C60H97O11P/c1-4-7-10-13-16-19-22-24-26-27-28-29-31-32-35-37-40-43-46-49-58(62)67-53-57(71-60(64)51-48-45-42-39-36-33-30-25-23-20-17-14-11-8-5-2)55-69-72(65,66)68-54-56(52-61)70-59(63)50-47-44-41-38-34-21-18-15-12-9-6-3/h7-8,10-11,16-17,19-20,24-26,28-30,32,35-36,39-40,43,56-57,61H,4-6,9,12-15,18,21-23,27,31,33-34,37-38,41-42,44-55H2,1-3H3,(H,65,66)/b10-7-,11-8-,19-16-,20-17-,26-24-,29-28-,30-25-,35-32-,39-36-,43-40-. The molecule has 0 amide bonds. The minimum Gasteiger partial charge on any atom is -0.462 e. The summed E-state index contributed by atoms with van der Waals surface area (Å²) in [6.07, 6.45) is 64.7. The predicted molar refractivity (Wildman–Crippen MR) is 297 cm³/mol. The van der Waals surface area contributed by atoms with Gasteiger partial charge in [-0.3, -0.25) is 23.4 Å². The van der Waals surface area contributed by atoms with Crippen LogP contribution in [0.25, 0.3) is 0 Å². The summed E-state index contributed by atoms with van der Waals surface area (Å²) in [7, 11) is -4.78. The molecule has 0 aliphatic rings. The van der Waals surface area contributed by atoms with Crippen LogP contribution in [0, 0.1) is 0 Å². The van der Waals surface area contributed by atoms with Gasteiger partial charge in [0.05, 0.1) is 19.8 Å². The number of carbonyl (C=O) groups is 3. The second kappa shape index (κ2) is 53.2. The van der Waals surface area contributed by atoms with Gasteiger partial charge in [0, 0.05) is 19.3 Å². The number of phosphoric acid groups is 1. The number of hydrogen-bond donors (Lipinski definition) is 2. The van der Waals surface area contributed by atoms with Crippen LogP contribution >= 0.6 is 7.82 Å². The van der Waals surface area contributed by atoms with E-state index in [1.807, 2.05) is 12.2 Å². The van der Waals surface area contributed by atoms with Gasteiger partial charge in [0.2, 0.25) is 0 Å². The van der Waals surface area contributed by atoms with Crippen molar-refractivity contribution in [2.75, 3.05) is 26.4 Å². The maximum atomic E-state index is 12.9. The van der Waals surface area contributed by atoms with Gasteiger partial charge in [0.1, 0.15) is 12.7 Å². The molecule has 0 bridgehead atoms. The van der Waals surface area contributed by atoms with E-state index in [0.717, 1.165) is 96.3 Å². The van der Waals surface area contributed by atoms with Crippen molar-refractivity contribution in [1.29, 1.82) is 0 Å². The molecule has 408 valence electrons. The first-order valence-electron chi connectivity index (χ1n) is 27.4. The number of carbonyl (C=O) groups excluding carboxylic acids is 3. The summed E-state index contributed by atoms with van der Waals surface area (Å²) >= 11 is 0. The molecule has 0 aromatic rings. The van der Waals surface area contributed by atoms with E-state index >= 15 is 0 Å². The van der Waals surface area contributed by atoms with Gasteiger partial charge in [-0.25, -0.2) is 4.57 Å². The van der Waals surface area contributed by atoms with Gasteiger partial charge in [0.15, 0.2) is 6.10 Å². The third-order valence-corrected chi connectivity index (χ3v) is 11.8. The van der Waals surface area contributed by atoms with Crippen LogP contribution in [0.3, 0.4) is 0 Å². The second-order valence-corrected chi connectivity index (χ2v) is 19.1. The Morgan fingerprint density at radius 2 is 0.750 bits per heavy atom. The number of aliphatic hydroxyl groups excluding tert-OH is 1. The molecule has 0 aromatic heterocycles. The van der Waals surface area contributed by atoms with Crippen molar-refractivity contribution in [1.82, 2.24) is 0 Å². The molecule has 0 rings (SSSR count). The summed E-state index contributed by atoms with van der Waals surface area (Å²) in [4.78, 5) is 48.4. The smallest absolute Gasteiger partial charge is 0.462 e. The van der Waals surface area contributed by atoms with Crippen LogP contribution in [0.2, 0.25) is 0 Å². The zero-order valence-electron chi connectivity index (χ0n) is 44.8. The van der Waals surface area contributed by atoms with E-state index in [0.29, 0.717) is 19.3 Å².